The lowest BCUT2D eigenvalue weighted by Gasteiger charge is -2.11. The molecular formula is C20H17ClN4OS. The van der Waals surface area contributed by atoms with E-state index in [2.05, 4.69) is 27.8 Å². The van der Waals surface area contributed by atoms with E-state index < -0.39 is 0 Å². The van der Waals surface area contributed by atoms with Crippen molar-refractivity contribution in [3.63, 3.8) is 0 Å². The van der Waals surface area contributed by atoms with Crippen molar-refractivity contribution in [3.8, 4) is 0 Å². The van der Waals surface area contributed by atoms with Crippen LogP contribution in [0.4, 0.5) is 11.4 Å². The molecule has 7 heteroatoms. The fourth-order valence-corrected chi connectivity index (χ4v) is 3.73. The number of nitrogens with one attached hydrogen (secondary N) is 2. The summed E-state index contributed by atoms with van der Waals surface area (Å²) in [4.78, 5) is 17.6. The van der Waals surface area contributed by atoms with Gasteiger partial charge in [-0.15, -0.1) is 11.3 Å². The lowest BCUT2D eigenvalue weighted by atomic mass is 10.2. The Morgan fingerprint density at radius 2 is 2.04 bits per heavy atom. The van der Waals surface area contributed by atoms with Gasteiger partial charge in [0, 0.05) is 30.0 Å². The van der Waals surface area contributed by atoms with Crippen molar-refractivity contribution < 1.29 is 4.79 Å². The van der Waals surface area contributed by atoms with Crippen LogP contribution in [0.2, 0.25) is 5.02 Å². The highest BCUT2D eigenvalue weighted by atomic mass is 35.5. The number of hydrogen-bond donors (Lipinski definition) is 2. The molecule has 0 aliphatic heterocycles. The van der Waals surface area contributed by atoms with E-state index in [1.54, 1.807) is 17.4 Å². The van der Waals surface area contributed by atoms with Gasteiger partial charge in [0.2, 0.25) is 5.91 Å². The van der Waals surface area contributed by atoms with E-state index in [9.17, 15) is 4.79 Å². The zero-order valence-corrected chi connectivity index (χ0v) is 15.9. The summed E-state index contributed by atoms with van der Waals surface area (Å²) < 4.78 is 1.91. The molecule has 2 aromatic heterocycles. The van der Waals surface area contributed by atoms with Crippen molar-refractivity contribution in [2.24, 2.45) is 0 Å². The minimum absolute atomic E-state index is 0.123. The number of aromatic nitrogens is 2. The van der Waals surface area contributed by atoms with Crippen LogP contribution in [0.1, 0.15) is 11.3 Å². The lowest BCUT2D eigenvalue weighted by molar-refractivity contribution is -0.115. The van der Waals surface area contributed by atoms with Gasteiger partial charge in [0.1, 0.15) is 0 Å². The second-order valence-electron chi connectivity index (χ2n) is 6.08. The van der Waals surface area contributed by atoms with Gasteiger partial charge in [-0.25, -0.2) is 4.98 Å². The second-order valence-corrected chi connectivity index (χ2v) is 7.36. The molecule has 2 N–H and O–H groups in total. The average Bonchev–Trinajstić information content (AvgIpc) is 3.23. The SMILES string of the molecule is O=C(Cc1cn2ccsc2n1)Nc1ccc(NCc2ccccc2)c(Cl)c1. The number of imidazole rings is 1. The predicted molar refractivity (Wildman–Crippen MR) is 111 cm³/mol. The Morgan fingerprint density at radius 1 is 1.19 bits per heavy atom. The molecule has 2 aromatic carbocycles. The van der Waals surface area contributed by atoms with Gasteiger partial charge in [0.05, 0.1) is 22.8 Å². The summed E-state index contributed by atoms with van der Waals surface area (Å²) in [5.74, 6) is -0.123. The number of hydrogen-bond acceptors (Lipinski definition) is 4. The van der Waals surface area contributed by atoms with Crippen LogP contribution in [0.25, 0.3) is 4.96 Å². The highest BCUT2D eigenvalue weighted by molar-refractivity contribution is 7.15. The Balaban J connectivity index is 1.36. The first-order chi connectivity index (χ1) is 13.2. The molecule has 0 spiro atoms. The van der Waals surface area contributed by atoms with E-state index in [0.29, 0.717) is 17.3 Å². The standard InChI is InChI=1S/C20H17ClN4OS/c21-17-10-15(6-7-18(17)22-12-14-4-2-1-3-5-14)23-19(26)11-16-13-25-8-9-27-20(25)24-16/h1-10,13,22H,11-12H2,(H,23,26). The molecule has 0 radical (unpaired) electrons. The van der Waals surface area contributed by atoms with Gasteiger partial charge in [-0.3, -0.25) is 9.20 Å². The fraction of sp³-hybridized carbons (Fsp3) is 0.100. The third-order valence-electron chi connectivity index (χ3n) is 4.06. The molecule has 0 fully saturated rings. The van der Waals surface area contributed by atoms with Crippen LogP contribution in [0.5, 0.6) is 0 Å². The predicted octanol–water partition coefficient (Wildman–Crippen LogP) is 4.84. The van der Waals surface area contributed by atoms with Crippen LogP contribution in [0, 0.1) is 0 Å². The number of benzene rings is 2. The zero-order valence-electron chi connectivity index (χ0n) is 14.4. The highest BCUT2D eigenvalue weighted by Crippen LogP contribution is 2.26. The average molecular weight is 397 g/mol. The molecule has 4 rings (SSSR count). The van der Waals surface area contributed by atoms with Gasteiger partial charge in [-0.1, -0.05) is 41.9 Å². The number of anilines is 2. The molecule has 0 saturated heterocycles. The van der Waals surface area contributed by atoms with Gasteiger partial charge >= 0.3 is 0 Å². The Kier molecular flexibility index (Phi) is 5.09. The summed E-state index contributed by atoms with van der Waals surface area (Å²) >= 11 is 7.89. The van der Waals surface area contributed by atoms with Gasteiger partial charge in [-0.05, 0) is 23.8 Å². The maximum atomic E-state index is 12.3. The van der Waals surface area contributed by atoms with Crippen molar-refractivity contribution in [2.75, 3.05) is 10.6 Å². The molecule has 4 aromatic rings. The second kappa shape index (κ2) is 7.82. The summed E-state index contributed by atoms with van der Waals surface area (Å²) in [6, 6.07) is 15.5. The van der Waals surface area contributed by atoms with E-state index in [0.717, 1.165) is 16.3 Å². The third kappa shape index (κ3) is 4.30. The van der Waals surface area contributed by atoms with Crippen LogP contribution in [0.3, 0.4) is 0 Å². The smallest absolute Gasteiger partial charge is 0.230 e. The quantitative estimate of drug-likeness (QED) is 0.490. The monoisotopic (exact) mass is 396 g/mol. The molecule has 2 heterocycles. The maximum absolute atomic E-state index is 12.3. The summed E-state index contributed by atoms with van der Waals surface area (Å²) in [6.45, 7) is 0.684. The van der Waals surface area contributed by atoms with Crippen molar-refractivity contribution in [3.05, 3.63) is 82.6 Å². The molecule has 0 unspecified atom stereocenters. The van der Waals surface area contributed by atoms with Crippen molar-refractivity contribution >= 4 is 45.2 Å². The number of carbonyl (C=O) groups is 1. The highest BCUT2D eigenvalue weighted by Gasteiger charge is 2.10. The van der Waals surface area contributed by atoms with E-state index in [-0.39, 0.29) is 12.3 Å². The molecule has 136 valence electrons. The van der Waals surface area contributed by atoms with Gasteiger partial charge in [0.25, 0.3) is 0 Å². The maximum Gasteiger partial charge on any atom is 0.230 e. The Labute approximate surface area is 165 Å². The molecule has 0 aliphatic carbocycles. The summed E-state index contributed by atoms with van der Waals surface area (Å²) in [5.41, 5.74) is 3.40. The molecule has 27 heavy (non-hydrogen) atoms. The van der Waals surface area contributed by atoms with Gasteiger partial charge in [0.15, 0.2) is 4.96 Å². The minimum atomic E-state index is -0.123. The van der Waals surface area contributed by atoms with E-state index in [1.165, 1.54) is 5.56 Å². The summed E-state index contributed by atoms with van der Waals surface area (Å²) in [5, 5.41) is 8.70. The number of fused-ring (bicyclic) bond motifs is 1. The van der Waals surface area contributed by atoms with Crippen LogP contribution in [0.15, 0.2) is 66.3 Å². The number of rotatable bonds is 6. The number of thiazole rings is 1. The molecule has 0 saturated carbocycles. The zero-order chi connectivity index (χ0) is 18.6. The Hall–Kier alpha value is -2.83. The largest absolute Gasteiger partial charge is 0.380 e. The van der Waals surface area contributed by atoms with Crippen LogP contribution in [-0.2, 0) is 17.8 Å². The molecule has 1 amide bonds. The summed E-state index contributed by atoms with van der Waals surface area (Å²) in [7, 11) is 0. The summed E-state index contributed by atoms with van der Waals surface area (Å²) in [6.07, 6.45) is 4.02. The van der Waals surface area contributed by atoms with Crippen molar-refractivity contribution in [2.45, 2.75) is 13.0 Å². The van der Waals surface area contributed by atoms with Gasteiger partial charge < -0.3 is 10.6 Å². The molecule has 0 bridgehead atoms. The Morgan fingerprint density at radius 3 is 2.81 bits per heavy atom. The number of carbonyl (C=O) groups excluding carboxylic acids is 1. The first-order valence-electron chi connectivity index (χ1n) is 8.46. The van der Waals surface area contributed by atoms with Crippen LogP contribution < -0.4 is 10.6 Å². The Bertz CT molecular complexity index is 1050. The van der Waals surface area contributed by atoms with Gasteiger partial charge in [-0.2, -0.15) is 0 Å². The third-order valence-corrected chi connectivity index (χ3v) is 5.15. The van der Waals surface area contributed by atoms with E-state index in [1.807, 2.05) is 52.5 Å². The lowest BCUT2D eigenvalue weighted by Crippen LogP contribution is -2.14. The number of halogens is 1. The first-order valence-corrected chi connectivity index (χ1v) is 9.71. The first kappa shape index (κ1) is 17.6. The number of amides is 1. The molecule has 0 atom stereocenters. The van der Waals surface area contributed by atoms with Crippen molar-refractivity contribution in [1.82, 2.24) is 9.38 Å². The number of nitrogens with zero attached hydrogens (tertiary/aromatic N) is 2. The van der Waals surface area contributed by atoms with Crippen LogP contribution >= 0.6 is 22.9 Å². The van der Waals surface area contributed by atoms with Crippen molar-refractivity contribution in [1.29, 1.82) is 0 Å². The minimum Gasteiger partial charge on any atom is -0.380 e. The molecule has 0 aliphatic rings. The fourth-order valence-electron chi connectivity index (χ4n) is 2.76. The van der Waals surface area contributed by atoms with E-state index in [4.69, 9.17) is 11.6 Å². The molecular weight excluding hydrogens is 380 g/mol. The topological polar surface area (TPSA) is 58.4 Å². The molecule has 5 nitrogen and oxygen atoms in total. The van der Waals surface area contributed by atoms with Crippen LogP contribution in [-0.4, -0.2) is 15.3 Å². The van der Waals surface area contributed by atoms with E-state index >= 15 is 0 Å². The normalized spacial score (nSPS) is 10.9.